The number of ether oxygens (including phenoxy) is 2. The minimum absolute atomic E-state index is 0.123. The number of thiophene rings is 1. The summed E-state index contributed by atoms with van der Waals surface area (Å²) in [5.74, 6) is 0.443. The Balaban J connectivity index is 1.25. The van der Waals surface area contributed by atoms with Gasteiger partial charge in [0, 0.05) is 27.9 Å². The van der Waals surface area contributed by atoms with Gasteiger partial charge in [-0.05, 0) is 60.0 Å². The second-order valence-corrected chi connectivity index (χ2v) is 10.2. The topological polar surface area (TPSA) is 84.9 Å². The van der Waals surface area contributed by atoms with Crippen molar-refractivity contribution in [2.75, 3.05) is 38.3 Å². The fourth-order valence-corrected chi connectivity index (χ4v) is 4.83. The molecule has 0 aliphatic heterocycles. The molecule has 8 heteroatoms. The van der Waals surface area contributed by atoms with E-state index in [-0.39, 0.29) is 17.4 Å². The number of pyridine rings is 1. The average Bonchev–Trinajstić information content (AvgIpc) is 3.36. The van der Waals surface area contributed by atoms with Gasteiger partial charge in [-0.15, -0.1) is 11.3 Å². The molecule has 0 amide bonds. The highest BCUT2D eigenvalue weighted by Crippen LogP contribution is 2.27. The van der Waals surface area contributed by atoms with Crippen LogP contribution >= 0.6 is 11.3 Å². The molecule has 2 aromatic heterocycles. The maximum atomic E-state index is 12.0. The van der Waals surface area contributed by atoms with Gasteiger partial charge in [-0.25, -0.2) is 0 Å². The van der Waals surface area contributed by atoms with Crippen LogP contribution in [0.15, 0.2) is 64.8 Å². The van der Waals surface area contributed by atoms with E-state index >= 15 is 0 Å². The van der Waals surface area contributed by atoms with E-state index in [2.05, 4.69) is 39.9 Å². The van der Waals surface area contributed by atoms with E-state index in [1.165, 1.54) is 21.1 Å². The Morgan fingerprint density at radius 2 is 1.94 bits per heavy atom. The van der Waals surface area contributed by atoms with Crippen molar-refractivity contribution in [1.82, 2.24) is 4.98 Å². The summed E-state index contributed by atoms with van der Waals surface area (Å²) in [6.45, 7) is 7.15. The largest absolute Gasteiger partial charge is 0.494 e. The van der Waals surface area contributed by atoms with Crippen LogP contribution in [0.5, 0.6) is 5.75 Å². The van der Waals surface area contributed by atoms with Crippen molar-refractivity contribution < 1.29 is 19.2 Å². The molecule has 0 fully saturated rings. The Bertz CT molecular complexity index is 1350. The van der Waals surface area contributed by atoms with Crippen LogP contribution in [0.1, 0.15) is 26.7 Å². The third-order valence-electron chi connectivity index (χ3n) is 6.07. The molecule has 1 unspecified atom stereocenters. The SMILES string of the molecule is CC(C)C(=O)OC[NH+](CCCCOc1ccc2ccc(=O)[nH]c2c1)CCNc1cccc2sccc12. The first-order chi connectivity index (χ1) is 17.5. The number of carbonyl (C=O) groups is 1. The molecule has 0 saturated heterocycles. The zero-order chi connectivity index (χ0) is 25.3. The molecule has 0 aliphatic carbocycles. The van der Waals surface area contributed by atoms with Crippen molar-refractivity contribution in [2.45, 2.75) is 26.7 Å². The minimum atomic E-state index is -0.166. The molecule has 36 heavy (non-hydrogen) atoms. The molecule has 1 atom stereocenters. The van der Waals surface area contributed by atoms with E-state index in [4.69, 9.17) is 9.47 Å². The van der Waals surface area contributed by atoms with Gasteiger partial charge in [-0.3, -0.25) is 9.59 Å². The Morgan fingerprint density at radius 3 is 2.81 bits per heavy atom. The molecule has 2 heterocycles. The van der Waals surface area contributed by atoms with Crippen LogP contribution in [0.3, 0.4) is 0 Å². The summed E-state index contributed by atoms with van der Waals surface area (Å²) in [5, 5.41) is 7.87. The smallest absolute Gasteiger partial charge is 0.312 e. The maximum absolute atomic E-state index is 12.0. The lowest BCUT2D eigenvalue weighted by atomic mass is 10.2. The van der Waals surface area contributed by atoms with Crippen LogP contribution in [-0.2, 0) is 9.53 Å². The first kappa shape index (κ1) is 25.7. The summed E-state index contributed by atoms with van der Waals surface area (Å²) in [7, 11) is 0. The number of hydrogen-bond acceptors (Lipinski definition) is 6. The normalized spacial score (nSPS) is 12.2. The van der Waals surface area contributed by atoms with E-state index in [1.54, 1.807) is 17.4 Å². The minimum Gasteiger partial charge on any atom is -0.494 e. The summed E-state index contributed by atoms with van der Waals surface area (Å²) in [4.78, 5) is 27.6. The van der Waals surface area contributed by atoms with Crippen molar-refractivity contribution in [3.63, 3.8) is 0 Å². The van der Waals surface area contributed by atoms with E-state index in [0.29, 0.717) is 13.3 Å². The third kappa shape index (κ3) is 7.08. The maximum Gasteiger partial charge on any atom is 0.312 e. The van der Waals surface area contributed by atoms with Crippen molar-refractivity contribution in [3.05, 3.63) is 70.3 Å². The highest BCUT2D eigenvalue weighted by Gasteiger charge is 2.14. The predicted molar refractivity (Wildman–Crippen MR) is 146 cm³/mol. The Morgan fingerprint density at radius 1 is 1.08 bits per heavy atom. The lowest BCUT2D eigenvalue weighted by molar-refractivity contribution is -0.916. The zero-order valence-electron chi connectivity index (χ0n) is 20.8. The molecule has 0 saturated carbocycles. The molecular weight excluding hydrogens is 474 g/mol. The monoisotopic (exact) mass is 508 g/mol. The van der Waals surface area contributed by atoms with E-state index < -0.39 is 0 Å². The zero-order valence-corrected chi connectivity index (χ0v) is 21.7. The molecular formula is C28H34N3O4S+. The fourth-order valence-electron chi connectivity index (χ4n) is 4.02. The molecule has 4 aromatic rings. The van der Waals surface area contributed by atoms with Crippen LogP contribution in [0.2, 0.25) is 0 Å². The summed E-state index contributed by atoms with van der Waals surface area (Å²) in [5.41, 5.74) is 1.79. The first-order valence-electron chi connectivity index (χ1n) is 12.5. The van der Waals surface area contributed by atoms with Gasteiger partial charge in [-0.2, -0.15) is 0 Å². The van der Waals surface area contributed by atoms with Crippen molar-refractivity contribution in [2.24, 2.45) is 5.92 Å². The highest BCUT2D eigenvalue weighted by atomic mass is 32.1. The molecule has 3 N–H and O–H groups in total. The van der Waals surface area contributed by atoms with E-state index in [1.807, 2.05) is 32.0 Å². The lowest BCUT2D eigenvalue weighted by Gasteiger charge is -2.20. The quantitative estimate of drug-likeness (QED) is 0.144. The standard InChI is InChI=1S/C28H33N3O4S/c1-20(2)28(33)35-19-31(15-13-29-24-6-5-7-26-23(24)12-17-36-26)14-3-4-16-34-22-10-8-21-9-11-27(32)30-25(21)18-22/h5-12,17-18,20,29H,3-4,13-16,19H2,1-2H3,(H,30,32)/p+1. The predicted octanol–water partition coefficient (Wildman–Crippen LogP) is 4.06. The van der Waals surface area contributed by atoms with Gasteiger partial charge in [0.05, 0.1) is 37.7 Å². The Kier molecular flexibility index (Phi) is 8.97. The Hall–Kier alpha value is -3.36. The molecule has 190 valence electrons. The van der Waals surface area contributed by atoms with Gasteiger partial charge < -0.3 is 24.7 Å². The number of H-pyrrole nitrogens is 1. The lowest BCUT2D eigenvalue weighted by Crippen LogP contribution is -3.13. The van der Waals surface area contributed by atoms with Gasteiger partial charge in [0.1, 0.15) is 5.75 Å². The van der Waals surface area contributed by atoms with Gasteiger partial charge in [0.15, 0.2) is 0 Å². The first-order valence-corrected chi connectivity index (χ1v) is 13.3. The third-order valence-corrected chi connectivity index (χ3v) is 6.95. The number of fused-ring (bicyclic) bond motifs is 2. The van der Waals surface area contributed by atoms with E-state index in [0.717, 1.165) is 54.8 Å². The number of benzene rings is 2. The number of aromatic amines is 1. The number of aromatic nitrogens is 1. The molecule has 2 aromatic carbocycles. The van der Waals surface area contributed by atoms with Crippen molar-refractivity contribution >= 4 is 44.0 Å². The number of unbranched alkanes of at least 4 members (excludes halogenated alkanes) is 1. The summed E-state index contributed by atoms with van der Waals surface area (Å²) >= 11 is 1.74. The summed E-state index contributed by atoms with van der Waals surface area (Å²) in [6, 6.07) is 17.5. The second-order valence-electron chi connectivity index (χ2n) is 9.20. The molecule has 0 spiro atoms. The number of esters is 1. The van der Waals surface area contributed by atoms with E-state index in [9.17, 15) is 9.59 Å². The number of anilines is 1. The fraction of sp³-hybridized carbons (Fsp3) is 0.357. The molecule has 0 radical (unpaired) electrons. The molecule has 4 rings (SSSR count). The van der Waals surface area contributed by atoms with Crippen molar-refractivity contribution in [3.8, 4) is 5.75 Å². The van der Waals surface area contributed by atoms with Crippen LogP contribution in [0.25, 0.3) is 21.0 Å². The summed E-state index contributed by atoms with van der Waals surface area (Å²) in [6.07, 6.45) is 1.83. The van der Waals surface area contributed by atoms with Crippen LogP contribution < -0.4 is 20.5 Å². The van der Waals surface area contributed by atoms with Gasteiger partial charge in [-0.1, -0.05) is 19.9 Å². The molecule has 0 bridgehead atoms. The van der Waals surface area contributed by atoms with Gasteiger partial charge >= 0.3 is 5.97 Å². The average molecular weight is 509 g/mol. The number of nitrogens with one attached hydrogen (secondary N) is 3. The Labute approximate surface area is 215 Å². The van der Waals surface area contributed by atoms with Crippen LogP contribution in [0.4, 0.5) is 5.69 Å². The number of quaternary nitrogens is 1. The van der Waals surface area contributed by atoms with Crippen LogP contribution in [0, 0.1) is 5.92 Å². The number of carbonyl (C=O) groups excluding carboxylic acids is 1. The summed E-state index contributed by atoms with van der Waals surface area (Å²) < 4.78 is 12.7. The number of hydrogen-bond donors (Lipinski definition) is 3. The number of rotatable bonds is 13. The molecule has 0 aliphatic rings. The highest BCUT2D eigenvalue weighted by molar-refractivity contribution is 7.17. The molecule has 7 nitrogen and oxygen atoms in total. The van der Waals surface area contributed by atoms with Gasteiger partial charge in [0.2, 0.25) is 12.3 Å². The van der Waals surface area contributed by atoms with Crippen LogP contribution in [-0.4, -0.2) is 43.9 Å². The van der Waals surface area contributed by atoms with Crippen molar-refractivity contribution in [1.29, 1.82) is 0 Å². The second kappa shape index (κ2) is 12.6. The van der Waals surface area contributed by atoms with Gasteiger partial charge in [0.25, 0.3) is 0 Å².